The molecule has 3 heterocycles. The van der Waals surface area contributed by atoms with Gasteiger partial charge >= 0.3 is 0 Å². The first-order chi connectivity index (χ1) is 13.9. The minimum atomic E-state index is 0.0370. The lowest BCUT2D eigenvalue weighted by Gasteiger charge is -2.18. The van der Waals surface area contributed by atoms with Crippen molar-refractivity contribution < 1.29 is 4.79 Å². The van der Waals surface area contributed by atoms with E-state index in [2.05, 4.69) is 56.8 Å². The van der Waals surface area contributed by atoms with Gasteiger partial charge in [-0.25, -0.2) is 9.97 Å². The van der Waals surface area contributed by atoms with Crippen LogP contribution in [-0.4, -0.2) is 45.0 Å². The Balaban J connectivity index is 1.51. The highest BCUT2D eigenvalue weighted by Crippen LogP contribution is 2.26. The Bertz CT molecular complexity index is 1040. The van der Waals surface area contributed by atoms with Gasteiger partial charge in [0, 0.05) is 37.3 Å². The molecule has 1 amide bonds. The number of carbonyl (C=O) groups is 1. The smallest absolute Gasteiger partial charge is 0.229 e. The Morgan fingerprint density at radius 3 is 2.76 bits per heavy atom. The van der Waals surface area contributed by atoms with Crippen molar-refractivity contribution in [3.8, 4) is 11.3 Å². The molecule has 1 N–H and O–H groups in total. The number of hydrogen-bond donors (Lipinski definition) is 1. The minimum Gasteiger partial charge on any atom is -0.331 e. The van der Waals surface area contributed by atoms with E-state index in [1.165, 1.54) is 0 Å². The number of fused-ring (bicyclic) bond motifs is 1. The Labute approximate surface area is 172 Å². The number of aromatic nitrogens is 3. The number of amides is 1. The first kappa shape index (κ1) is 19.6. The van der Waals surface area contributed by atoms with Crippen LogP contribution >= 0.6 is 0 Å². The fourth-order valence-electron chi connectivity index (χ4n) is 4.10. The number of anilines is 1. The molecule has 0 bridgehead atoms. The van der Waals surface area contributed by atoms with Crippen LogP contribution in [0.15, 0.2) is 36.7 Å². The van der Waals surface area contributed by atoms with Gasteiger partial charge in [0.1, 0.15) is 11.6 Å². The first-order valence-corrected chi connectivity index (χ1v) is 10.3. The van der Waals surface area contributed by atoms with E-state index in [1.54, 1.807) is 0 Å². The number of carbonyl (C=O) groups excluding carboxylic acids is 1. The highest BCUT2D eigenvalue weighted by molar-refractivity contribution is 5.95. The van der Waals surface area contributed by atoms with Crippen LogP contribution in [0.4, 0.5) is 5.82 Å². The molecule has 1 aliphatic heterocycles. The molecule has 1 fully saturated rings. The second kappa shape index (κ2) is 7.95. The topological polar surface area (TPSA) is 63.1 Å². The number of aryl methyl sites for hydroxylation is 1. The van der Waals surface area contributed by atoms with E-state index in [9.17, 15) is 4.79 Å². The Morgan fingerprint density at radius 2 is 2.03 bits per heavy atom. The summed E-state index contributed by atoms with van der Waals surface area (Å²) in [6.45, 7) is 9.30. The van der Waals surface area contributed by atoms with Gasteiger partial charge < -0.3 is 14.8 Å². The fourth-order valence-corrected chi connectivity index (χ4v) is 4.10. The maximum Gasteiger partial charge on any atom is 0.229 e. The van der Waals surface area contributed by atoms with Crippen molar-refractivity contribution in [1.29, 1.82) is 0 Å². The predicted molar refractivity (Wildman–Crippen MR) is 117 cm³/mol. The SMILES string of the molecule is Cc1ncc(-c2ccc3cnc(NC(=O)[C@H]4CCN(CC(C)C)C4)cc3c2)n1C. The van der Waals surface area contributed by atoms with Crippen molar-refractivity contribution in [3.63, 3.8) is 0 Å². The van der Waals surface area contributed by atoms with Gasteiger partial charge in [0.05, 0.1) is 17.8 Å². The van der Waals surface area contributed by atoms with Crippen LogP contribution in [0.3, 0.4) is 0 Å². The number of benzene rings is 1. The zero-order valence-electron chi connectivity index (χ0n) is 17.6. The quantitative estimate of drug-likeness (QED) is 0.717. The summed E-state index contributed by atoms with van der Waals surface area (Å²) in [4.78, 5) is 23.9. The summed E-state index contributed by atoms with van der Waals surface area (Å²) >= 11 is 0. The van der Waals surface area contributed by atoms with E-state index in [0.29, 0.717) is 11.7 Å². The molecule has 3 aromatic rings. The third-order valence-electron chi connectivity index (χ3n) is 5.76. The van der Waals surface area contributed by atoms with Crippen LogP contribution in [0, 0.1) is 18.8 Å². The fraction of sp³-hybridized carbons (Fsp3) is 0.435. The normalized spacial score (nSPS) is 17.3. The largest absolute Gasteiger partial charge is 0.331 e. The van der Waals surface area contributed by atoms with Crippen LogP contribution in [0.2, 0.25) is 0 Å². The van der Waals surface area contributed by atoms with Crippen molar-refractivity contribution >= 4 is 22.5 Å². The summed E-state index contributed by atoms with van der Waals surface area (Å²) in [5.74, 6) is 2.32. The summed E-state index contributed by atoms with van der Waals surface area (Å²) in [7, 11) is 2.02. The zero-order valence-corrected chi connectivity index (χ0v) is 17.6. The minimum absolute atomic E-state index is 0.0370. The van der Waals surface area contributed by atoms with E-state index < -0.39 is 0 Å². The van der Waals surface area contributed by atoms with Crippen molar-refractivity contribution in [3.05, 3.63) is 42.5 Å². The average Bonchev–Trinajstić information content (AvgIpc) is 3.28. The standard InChI is InChI=1S/C23H29N5O/c1-15(2)13-28-8-7-19(14-28)23(29)26-22-10-20-9-17(5-6-18(20)11-25-22)21-12-24-16(3)27(21)4/h5-6,9-12,15,19H,7-8,13-14H2,1-4H3,(H,25,26,29)/t19-/m0/s1. The van der Waals surface area contributed by atoms with Crippen LogP contribution in [0.5, 0.6) is 0 Å². The van der Waals surface area contributed by atoms with Crippen molar-refractivity contribution in [2.45, 2.75) is 27.2 Å². The molecule has 2 aromatic heterocycles. The Morgan fingerprint density at radius 1 is 1.21 bits per heavy atom. The van der Waals surface area contributed by atoms with E-state index in [4.69, 9.17) is 0 Å². The van der Waals surface area contributed by atoms with E-state index >= 15 is 0 Å². The highest BCUT2D eigenvalue weighted by Gasteiger charge is 2.28. The molecule has 0 spiro atoms. The van der Waals surface area contributed by atoms with Crippen LogP contribution in [-0.2, 0) is 11.8 Å². The number of likely N-dealkylation sites (tertiary alicyclic amines) is 1. The summed E-state index contributed by atoms with van der Waals surface area (Å²) < 4.78 is 2.08. The number of hydrogen-bond acceptors (Lipinski definition) is 4. The maximum atomic E-state index is 12.7. The van der Waals surface area contributed by atoms with Gasteiger partial charge in [0.25, 0.3) is 0 Å². The van der Waals surface area contributed by atoms with Crippen LogP contribution < -0.4 is 5.32 Å². The monoisotopic (exact) mass is 391 g/mol. The molecular formula is C23H29N5O. The molecule has 1 aromatic carbocycles. The van der Waals surface area contributed by atoms with Gasteiger partial charge in [-0.2, -0.15) is 0 Å². The molecule has 4 rings (SSSR count). The lowest BCUT2D eigenvalue weighted by molar-refractivity contribution is -0.119. The second-order valence-corrected chi connectivity index (χ2v) is 8.51. The highest BCUT2D eigenvalue weighted by atomic mass is 16.2. The molecule has 0 saturated carbocycles. The predicted octanol–water partition coefficient (Wildman–Crippen LogP) is 3.86. The van der Waals surface area contributed by atoms with Gasteiger partial charge in [0.15, 0.2) is 0 Å². The third-order valence-corrected chi connectivity index (χ3v) is 5.76. The van der Waals surface area contributed by atoms with Crippen LogP contribution in [0.25, 0.3) is 22.0 Å². The molecule has 6 heteroatoms. The first-order valence-electron chi connectivity index (χ1n) is 10.3. The number of nitrogens with one attached hydrogen (secondary N) is 1. The zero-order chi connectivity index (χ0) is 20.5. The molecule has 1 aliphatic rings. The molecule has 29 heavy (non-hydrogen) atoms. The van der Waals surface area contributed by atoms with Gasteiger partial charge in [-0.3, -0.25) is 4.79 Å². The van der Waals surface area contributed by atoms with Crippen molar-refractivity contribution in [1.82, 2.24) is 19.4 Å². The number of pyridine rings is 1. The Kier molecular flexibility index (Phi) is 5.37. The lowest BCUT2D eigenvalue weighted by Crippen LogP contribution is -2.29. The van der Waals surface area contributed by atoms with Gasteiger partial charge in [0.2, 0.25) is 5.91 Å². The number of nitrogens with zero attached hydrogens (tertiary/aromatic N) is 4. The van der Waals surface area contributed by atoms with E-state index in [-0.39, 0.29) is 11.8 Å². The second-order valence-electron chi connectivity index (χ2n) is 8.51. The van der Waals surface area contributed by atoms with Gasteiger partial charge in [-0.15, -0.1) is 0 Å². The van der Waals surface area contributed by atoms with Gasteiger partial charge in [-0.05, 0) is 43.3 Å². The number of rotatable bonds is 5. The molecule has 1 atom stereocenters. The molecule has 0 aliphatic carbocycles. The van der Waals surface area contributed by atoms with Crippen molar-refractivity contribution in [2.24, 2.45) is 18.9 Å². The van der Waals surface area contributed by atoms with Gasteiger partial charge in [-0.1, -0.05) is 26.0 Å². The van der Waals surface area contributed by atoms with E-state index in [1.807, 2.05) is 32.4 Å². The summed E-state index contributed by atoms with van der Waals surface area (Å²) in [6.07, 6.45) is 4.63. The lowest BCUT2D eigenvalue weighted by atomic mass is 10.1. The molecule has 1 saturated heterocycles. The molecular weight excluding hydrogens is 362 g/mol. The van der Waals surface area contributed by atoms with Crippen molar-refractivity contribution in [2.75, 3.05) is 25.0 Å². The molecule has 152 valence electrons. The molecule has 0 unspecified atom stereocenters. The third kappa shape index (κ3) is 4.17. The van der Waals surface area contributed by atoms with E-state index in [0.717, 1.165) is 53.9 Å². The maximum absolute atomic E-state index is 12.7. The molecule has 0 radical (unpaired) electrons. The van der Waals surface area contributed by atoms with Crippen LogP contribution in [0.1, 0.15) is 26.1 Å². The molecule has 6 nitrogen and oxygen atoms in total. The summed E-state index contributed by atoms with van der Waals surface area (Å²) in [6, 6.07) is 8.23. The Hall–Kier alpha value is -2.73. The average molecular weight is 392 g/mol. The summed E-state index contributed by atoms with van der Waals surface area (Å²) in [5.41, 5.74) is 2.17. The number of imidazole rings is 1. The summed E-state index contributed by atoms with van der Waals surface area (Å²) in [5, 5.41) is 5.14.